The van der Waals surface area contributed by atoms with Crippen molar-refractivity contribution in [2.24, 2.45) is 65.1 Å². The summed E-state index contributed by atoms with van der Waals surface area (Å²) in [7, 11) is 0. The van der Waals surface area contributed by atoms with Crippen LogP contribution >= 0.6 is 0 Å². The maximum Gasteiger partial charge on any atom is -0.0321 e. The highest BCUT2D eigenvalue weighted by Gasteiger charge is 2.49. The Labute approximate surface area is 158 Å². The summed E-state index contributed by atoms with van der Waals surface area (Å²) in [5.41, 5.74) is 0. The Balaban J connectivity index is 1.91. The van der Waals surface area contributed by atoms with Crippen molar-refractivity contribution in [3.63, 3.8) is 0 Å². The van der Waals surface area contributed by atoms with Gasteiger partial charge in [0.2, 0.25) is 0 Å². The van der Waals surface area contributed by atoms with Gasteiger partial charge in [-0.3, -0.25) is 0 Å². The molecule has 3 aliphatic carbocycles. The first-order valence-corrected chi connectivity index (χ1v) is 11.8. The Morgan fingerprint density at radius 2 is 0.920 bits per heavy atom. The Morgan fingerprint density at radius 1 is 0.440 bits per heavy atom. The highest BCUT2D eigenvalue weighted by Crippen LogP contribution is 2.56. The molecule has 0 aromatic rings. The quantitative estimate of drug-likeness (QED) is 0.481. The van der Waals surface area contributed by atoms with Gasteiger partial charge < -0.3 is 0 Å². The summed E-state index contributed by atoms with van der Waals surface area (Å²) in [6.07, 6.45) is 10.5. The molecule has 3 saturated carbocycles. The van der Waals surface area contributed by atoms with E-state index in [1.165, 1.54) is 44.9 Å². The van der Waals surface area contributed by atoms with Crippen molar-refractivity contribution < 1.29 is 0 Å². The minimum Gasteiger partial charge on any atom is -0.0622 e. The number of hydrogen-bond acceptors (Lipinski definition) is 0. The van der Waals surface area contributed by atoms with Gasteiger partial charge in [0.05, 0.1) is 0 Å². The topological polar surface area (TPSA) is 0 Å². The number of rotatable bonds is 2. The van der Waals surface area contributed by atoms with Crippen LogP contribution in [0.15, 0.2) is 0 Å². The van der Waals surface area contributed by atoms with E-state index in [2.05, 4.69) is 48.5 Å². The van der Waals surface area contributed by atoms with Crippen LogP contribution in [0.4, 0.5) is 0 Å². The van der Waals surface area contributed by atoms with Crippen molar-refractivity contribution >= 4 is 0 Å². The largest absolute Gasteiger partial charge is 0.0622 e. The van der Waals surface area contributed by atoms with Crippen LogP contribution in [0, 0.1) is 65.1 Å². The first-order chi connectivity index (χ1) is 11.8. The van der Waals surface area contributed by atoms with Gasteiger partial charge in [-0.15, -0.1) is 0 Å². The SMILES string of the molecule is CC1CCCC(C2C(C)CC(C)C(C)C2C2CCCC(C)C2C)C1C. The first-order valence-electron chi connectivity index (χ1n) is 11.8. The van der Waals surface area contributed by atoms with Gasteiger partial charge in [-0.25, -0.2) is 0 Å². The van der Waals surface area contributed by atoms with E-state index in [4.69, 9.17) is 0 Å². The van der Waals surface area contributed by atoms with Crippen LogP contribution in [-0.4, -0.2) is 0 Å². The van der Waals surface area contributed by atoms with Gasteiger partial charge in [-0.05, 0) is 84.4 Å². The van der Waals surface area contributed by atoms with E-state index >= 15 is 0 Å². The van der Waals surface area contributed by atoms with E-state index in [1.807, 2.05) is 0 Å². The monoisotopic (exact) mass is 346 g/mol. The van der Waals surface area contributed by atoms with E-state index in [9.17, 15) is 0 Å². The molecule has 0 aliphatic heterocycles. The molecule has 0 aromatic heterocycles. The van der Waals surface area contributed by atoms with Gasteiger partial charge in [0.15, 0.2) is 0 Å². The van der Waals surface area contributed by atoms with Crippen molar-refractivity contribution in [1.29, 1.82) is 0 Å². The van der Waals surface area contributed by atoms with Crippen molar-refractivity contribution in [3.05, 3.63) is 0 Å². The summed E-state index contributed by atoms with van der Waals surface area (Å²) >= 11 is 0. The normalized spacial score (nSPS) is 55.1. The maximum absolute atomic E-state index is 2.64. The van der Waals surface area contributed by atoms with Crippen LogP contribution in [-0.2, 0) is 0 Å². The third-order valence-corrected chi connectivity index (χ3v) is 9.88. The molecule has 25 heavy (non-hydrogen) atoms. The zero-order chi connectivity index (χ0) is 18.3. The molecule has 0 heterocycles. The third kappa shape index (κ3) is 3.70. The second kappa shape index (κ2) is 7.93. The lowest BCUT2D eigenvalue weighted by atomic mass is 9.49. The van der Waals surface area contributed by atoms with Crippen LogP contribution < -0.4 is 0 Å². The van der Waals surface area contributed by atoms with Crippen molar-refractivity contribution in [2.75, 3.05) is 0 Å². The van der Waals surface area contributed by atoms with Gasteiger partial charge in [-0.2, -0.15) is 0 Å². The van der Waals surface area contributed by atoms with Gasteiger partial charge >= 0.3 is 0 Å². The molecule has 3 rings (SSSR count). The van der Waals surface area contributed by atoms with Crippen LogP contribution in [0.1, 0.15) is 93.4 Å². The molecule has 0 radical (unpaired) electrons. The highest BCUT2D eigenvalue weighted by molar-refractivity contribution is 4.98. The second-order valence-electron chi connectivity index (χ2n) is 11.1. The minimum atomic E-state index is 0.928. The summed E-state index contributed by atoms with van der Waals surface area (Å²) < 4.78 is 0. The Hall–Kier alpha value is 0. The molecular formula is C25H46. The zero-order valence-corrected chi connectivity index (χ0v) is 18.3. The molecule has 0 spiro atoms. The molecule has 11 unspecified atom stereocenters. The zero-order valence-electron chi connectivity index (χ0n) is 18.3. The van der Waals surface area contributed by atoms with Gasteiger partial charge in [0.25, 0.3) is 0 Å². The molecule has 0 saturated heterocycles. The fourth-order valence-electron chi connectivity index (χ4n) is 7.78. The van der Waals surface area contributed by atoms with Gasteiger partial charge in [-0.1, -0.05) is 74.1 Å². The van der Waals surface area contributed by atoms with E-state index in [0.717, 1.165) is 65.1 Å². The summed E-state index contributed by atoms with van der Waals surface area (Å²) in [5, 5.41) is 0. The lowest BCUT2D eigenvalue weighted by Crippen LogP contribution is -2.49. The maximum atomic E-state index is 2.64. The molecule has 0 N–H and O–H groups in total. The Morgan fingerprint density at radius 3 is 1.44 bits per heavy atom. The van der Waals surface area contributed by atoms with Crippen LogP contribution in [0.2, 0.25) is 0 Å². The summed E-state index contributed by atoms with van der Waals surface area (Å²) in [6, 6.07) is 0. The Kier molecular flexibility index (Phi) is 6.27. The number of hydrogen-bond donors (Lipinski definition) is 0. The molecule has 3 aliphatic rings. The molecule has 0 bridgehead atoms. The molecule has 3 fully saturated rings. The van der Waals surface area contributed by atoms with E-state index in [1.54, 1.807) is 0 Å². The van der Waals surface area contributed by atoms with Crippen molar-refractivity contribution in [1.82, 2.24) is 0 Å². The predicted molar refractivity (Wildman–Crippen MR) is 110 cm³/mol. The average Bonchev–Trinajstić information content (AvgIpc) is 2.57. The fraction of sp³-hybridized carbons (Fsp3) is 1.00. The molecule has 0 nitrogen and oxygen atoms in total. The molecule has 11 atom stereocenters. The van der Waals surface area contributed by atoms with Gasteiger partial charge in [0.1, 0.15) is 0 Å². The molecule has 0 aromatic carbocycles. The lowest BCUT2D eigenvalue weighted by Gasteiger charge is -2.56. The first kappa shape index (κ1) is 19.8. The van der Waals surface area contributed by atoms with Crippen molar-refractivity contribution in [2.45, 2.75) is 93.4 Å². The summed E-state index contributed by atoms with van der Waals surface area (Å²) in [6.45, 7) is 18.1. The molecule has 0 amide bonds. The lowest BCUT2D eigenvalue weighted by molar-refractivity contribution is -0.0705. The standard InChI is InChI=1S/C25H46/c1-15-10-8-12-22(19(15)5)24-18(4)14-17(3)21(7)25(24)23-13-9-11-16(2)20(23)6/h15-25H,8-14H2,1-7H3. The fourth-order valence-corrected chi connectivity index (χ4v) is 7.78. The van der Waals surface area contributed by atoms with Gasteiger partial charge in [0, 0.05) is 0 Å². The molecule has 0 heteroatoms. The highest BCUT2D eigenvalue weighted by atomic mass is 14.5. The molecule has 146 valence electrons. The van der Waals surface area contributed by atoms with Crippen LogP contribution in [0.5, 0.6) is 0 Å². The van der Waals surface area contributed by atoms with E-state index in [-0.39, 0.29) is 0 Å². The molecular weight excluding hydrogens is 300 g/mol. The smallest absolute Gasteiger partial charge is 0.0321 e. The van der Waals surface area contributed by atoms with E-state index < -0.39 is 0 Å². The van der Waals surface area contributed by atoms with Crippen molar-refractivity contribution in [3.8, 4) is 0 Å². The second-order valence-corrected chi connectivity index (χ2v) is 11.1. The Bertz CT molecular complexity index is 426. The van der Waals surface area contributed by atoms with Crippen LogP contribution in [0.3, 0.4) is 0 Å². The van der Waals surface area contributed by atoms with Crippen LogP contribution in [0.25, 0.3) is 0 Å². The summed E-state index contributed by atoms with van der Waals surface area (Å²) in [4.78, 5) is 0. The van der Waals surface area contributed by atoms with E-state index in [0.29, 0.717) is 0 Å². The summed E-state index contributed by atoms with van der Waals surface area (Å²) in [5.74, 6) is 10.6. The average molecular weight is 347 g/mol. The minimum absolute atomic E-state index is 0.928. The predicted octanol–water partition coefficient (Wildman–Crippen LogP) is 7.68. The third-order valence-electron chi connectivity index (χ3n) is 9.88.